The summed E-state index contributed by atoms with van der Waals surface area (Å²) in [7, 11) is 0. The monoisotopic (exact) mass is 292 g/mol. The van der Waals surface area contributed by atoms with E-state index in [0.717, 1.165) is 18.8 Å². The van der Waals surface area contributed by atoms with E-state index in [1.54, 1.807) is 0 Å². The average Bonchev–Trinajstić information content (AvgIpc) is 2.81. The second-order valence-corrected chi connectivity index (χ2v) is 8.70. The fraction of sp³-hybridized carbons (Fsp3) is 0.824. The van der Waals surface area contributed by atoms with Crippen molar-refractivity contribution in [3.05, 3.63) is 15.6 Å². The van der Waals surface area contributed by atoms with Gasteiger partial charge in [0.05, 0.1) is 10.7 Å². The molecule has 0 bridgehead atoms. The number of nitrogens with zero attached hydrogens (tertiary/aromatic N) is 1. The highest BCUT2D eigenvalue weighted by Gasteiger charge is 2.34. The Hall–Kier alpha value is -0.410. The summed E-state index contributed by atoms with van der Waals surface area (Å²) in [6.07, 6.45) is 9.01. The molecule has 112 valence electrons. The van der Waals surface area contributed by atoms with Gasteiger partial charge < -0.3 is 5.73 Å². The maximum atomic E-state index is 6.38. The quantitative estimate of drug-likeness (QED) is 0.850. The van der Waals surface area contributed by atoms with Gasteiger partial charge in [0.2, 0.25) is 0 Å². The molecule has 20 heavy (non-hydrogen) atoms. The molecule has 1 aromatic rings. The van der Waals surface area contributed by atoms with Crippen molar-refractivity contribution in [3.8, 4) is 0 Å². The molecule has 1 atom stereocenters. The summed E-state index contributed by atoms with van der Waals surface area (Å²) in [5.41, 5.74) is 8.01. The van der Waals surface area contributed by atoms with Gasteiger partial charge in [-0.25, -0.2) is 4.98 Å². The van der Waals surface area contributed by atoms with Crippen molar-refractivity contribution in [3.63, 3.8) is 0 Å². The van der Waals surface area contributed by atoms with Gasteiger partial charge in [-0.15, -0.1) is 11.3 Å². The Balaban J connectivity index is 1.77. The topological polar surface area (TPSA) is 38.9 Å². The molecule has 1 aromatic heterocycles. The molecule has 2 aliphatic carbocycles. The van der Waals surface area contributed by atoms with E-state index >= 15 is 0 Å². The fourth-order valence-electron chi connectivity index (χ4n) is 4.00. The van der Waals surface area contributed by atoms with Crippen LogP contribution in [-0.4, -0.2) is 4.98 Å². The van der Waals surface area contributed by atoms with E-state index in [0.29, 0.717) is 11.3 Å². The summed E-state index contributed by atoms with van der Waals surface area (Å²) in [5.74, 6) is 1.67. The van der Waals surface area contributed by atoms with Crippen molar-refractivity contribution in [1.82, 2.24) is 4.98 Å². The second-order valence-electron chi connectivity index (χ2n) is 7.64. The van der Waals surface area contributed by atoms with Crippen LogP contribution in [0.2, 0.25) is 0 Å². The van der Waals surface area contributed by atoms with E-state index in [4.69, 9.17) is 10.7 Å². The molecule has 0 spiro atoms. The van der Waals surface area contributed by atoms with E-state index in [-0.39, 0.29) is 6.04 Å². The summed E-state index contributed by atoms with van der Waals surface area (Å²) in [5, 5.41) is 1.39. The van der Waals surface area contributed by atoms with Gasteiger partial charge in [-0.05, 0) is 49.9 Å². The number of hydrogen-bond acceptors (Lipinski definition) is 3. The fourth-order valence-corrected chi connectivity index (χ4v) is 5.26. The molecular weight excluding hydrogens is 264 g/mol. The SMILES string of the molecule is CCC1CCC(c2nc3c(s2)C(N)CC(C)(C)C3)CC1. The first-order chi connectivity index (χ1) is 9.48. The van der Waals surface area contributed by atoms with Crippen molar-refractivity contribution in [2.24, 2.45) is 17.1 Å². The number of thiazole rings is 1. The van der Waals surface area contributed by atoms with Gasteiger partial charge in [-0.3, -0.25) is 0 Å². The molecule has 2 nitrogen and oxygen atoms in total. The molecule has 0 amide bonds. The van der Waals surface area contributed by atoms with Gasteiger partial charge in [0, 0.05) is 16.8 Å². The van der Waals surface area contributed by atoms with Crippen LogP contribution in [0.15, 0.2) is 0 Å². The third kappa shape index (κ3) is 2.80. The van der Waals surface area contributed by atoms with Crippen LogP contribution in [0, 0.1) is 11.3 Å². The Morgan fingerprint density at radius 1 is 1.25 bits per heavy atom. The summed E-state index contributed by atoms with van der Waals surface area (Å²) in [4.78, 5) is 6.40. The van der Waals surface area contributed by atoms with Crippen LogP contribution in [0.3, 0.4) is 0 Å². The van der Waals surface area contributed by atoms with Crippen molar-refractivity contribution in [1.29, 1.82) is 0 Å². The lowest BCUT2D eigenvalue weighted by Crippen LogP contribution is -2.28. The molecule has 0 aromatic carbocycles. The number of aromatic nitrogens is 1. The number of rotatable bonds is 2. The lowest BCUT2D eigenvalue weighted by molar-refractivity contribution is 0.282. The normalized spacial score (nSPS) is 32.9. The maximum Gasteiger partial charge on any atom is 0.0962 e. The Morgan fingerprint density at radius 3 is 2.60 bits per heavy atom. The van der Waals surface area contributed by atoms with E-state index in [1.807, 2.05) is 11.3 Å². The van der Waals surface area contributed by atoms with Gasteiger partial charge in [-0.2, -0.15) is 0 Å². The molecule has 1 heterocycles. The summed E-state index contributed by atoms with van der Waals surface area (Å²) >= 11 is 1.92. The summed E-state index contributed by atoms with van der Waals surface area (Å²) < 4.78 is 0. The first-order valence-electron chi connectivity index (χ1n) is 8.23. The number of fused-ring (bicyclic) bond motifs is 1. The third-order valence-electron chi connectivity index (χ3n) is 5.27. The summed E-state index contributed by atoms with van der Waals surface area (Å²) in [6, 6.07) is 0.215. The molecule has 2 aliphatic rings. The molecule has 3 heteroatoms. The van der Waals surface area contributed by atoms with Crippen LogP contribution in [-0.2, 0) is 6.42 Å². The minimum absolute atomic E-state index is 0.215. The first kappa shape index (κ1) is 14.5. The van der Waals surface area contributed by atoms with Crippen LogP contribution in [0.4, 0.5) is 0 Å². The Kier molecular flexibility index (Phi) is 3.93. The van der Waals surface area contributed by atoms with Crippen LogP contribution in [0.1, 0.15) is 86.8 Å². The lowest BCUT2D eigenvalue weighted by Gasteiger charge is -2.32. The molecule has 0 aliphatic heterocycles. The zero-order valence-corrected chi connectivity index (χ0v) is 13.9. The average molecular weight is 292 g/mol. The molecule has 1 unspecified atom stereocenters. The standard InChI is InChI=1S/C17H28N2S/c1-4-11-5-7-12(8-6-11)16-19-14-10-17(2,3)9-13(18)15(14)20-16/h11-13H,4-10,18H2,1-3H3. The van der Waals surface area contributed by atoms with Crippen molar-refractivity contribution in [2.45, 2.75) is 77.7 Å². The van der Waals surface area contributed by atoms with E-state index < -0.39 is 0 Å². The molecule has 1 saturated carbocycles. The highest BCUT2D eigenvalue weighted by Crippen LogP contribution is 2.45. The minimum Gasteiger partial charge on any atom is -0.323 e. The second kappa shape index (κ2) is 5.42. The Morgan fingerprint density at radius 2 is 1.95 bits per heavy atom. The van der Waals surface area contributed by atoms with Gasteiger partial charge >= 0.3 is 0 Å². The van der Waals surface area contributed by atoms with E-state index in [2.05, 4.69) is 20.8 Å². The highest BCUT2D eigenvalue weighted by atomic mass is 32.1. The molecule has 3 rings (SSSR count). The van der Waals surface area contributed by atoms with Gasteiger partial charge in [0.25, 0.3) is 0 Å². The molecule has 0 saturated heterocycles. The van der Waals surface area contributed by atoms with Crippen molar-refractivity contribution < 1.29 is 0 Å². The largest absolute Gasteiger partial charge is 0.323 e. The minimum atomic E-state index is 0.215. The Bertz CT molecular complexity index is 469. The smallest absolute Gasteiger partial charge is 0.0962 e. The lowest BCUT2D eigenvalue weighted by atomic mass is 9.76. The first-order valence-corrected chi connectivity index (χ1v) is 9.05. The molecular formula is C17H28N2S. The van der Waals surface area contributed by atoms with Crippen LogP contribution >= 0.6 is 11.3 Å². The third-order valence-corrected chi connectivity index (χ3v) is 6.66. The van der Waals surface area contributed by atoms with E-state index in [1.165, 1.54) is 47.7 Å². The number of hydrogen-bond donors (Lipinski definition) is 1. The molecule has 2 N–H and O–H groups in total. The highest BCUT2D eigenvalue weighted by molar-refractivity contribution is 7.12. The maximum absolute atomic E-state index is 6.38. The molecule has 1 fully saturated rings. The predicted molar refractivity (Wildman–Crippen MR) is 86.1 cm³/mol. The predicted octanol–water partition coefficient (Wildman–Crippen LogP) is 4.80. The summed E-state index contributed by atoms with van der Waals surface area (Å²) in [6.45, 7) is 6.97. The van der Waals surface area contributed by atoms with Gasteiger partial charge in [0.15, 0.2) is 0 Å². The number of nitrogens with two attached hydrogens (primary N) is 1. The van der Waals surface area contributed by atoms with Gasteiger partial charge in [0.1, 0.15) is 0 Å². The van der Waals surface area contributed by atoms with Gasteiger partial charge in [-0.1, -0.05) is 27.2 Å². The van der Waals surface area contributed by atoms with Crippen LogP contribution in [0.25, 0.3) is 0 Å². The van der Waals surface area contributed by atoms with Crippen LogP contribution in [0.5, 0.6) is 0 Å². The zero-order valence-electron chi connectivity index (χ0n) is 13.1. The molecule has 0 radical (unpaired) electrons. The van der Waals surface area contributed by atoms with Crippen molar-refractivity contribution in [2.75, 3.05) is 0 Å². The van der Waals surface area contributed by atoms with Crippen molar-refractivity contribution >= 4 is 11.3 Å². The van der Waals surface area contributed by atoms with E-state index in [9.17, 15) is 0 Å². The Labute approximate surface area is 127 Å². The van der Waals surface area contributed by atoms with Crippen LogP contribution < -0.4 is 5.73 Å². The zero-order chi connectivity index (χ0) is 14.3.